The Bertz CT molecular complexity index is 513. The van der Waals surface area contributed by atoms with Crippen LogP contribution in [0.3, 0.4) is 0 Å². The van der Waals surface area contributed by atoms with Gasteiger partial charge in [0.15, 0.2) is 0 Å². The number of rotatable bonds is 2. The number of hydrogen-bond donors (Lipinski definition) is 0. The predicted octanol–water partition coefficient (Wildman–Crippen LogP) is 1.11. The van der Waals surface area contributed by atoms with Crippen LogP contribution in [0.1, 0.15) is 0 Å². The highest BCUT2D eigenvalue weighted by Crippen LogP contribution is 2.23. The largest absolute Gasteiger partial charge is 0.305 e. The summed E-state index contributed by atoms with van der Waals surface area (Å²) in [7, 11) is 1.34. The van der Waals surface area contributed by atoms with Gasteiger partial charge >= 0.3 is 0 Å². The van der Waals surface area contributed by atoms with Crippen LogP contribution in [0.15, 0.2) is 36.4 Å². The van der Waals surface area contributed by atoms with E-state index in [4.69, 9.17) is 0 Å². The minimum atomic E-state index is -0.941. The molecule has 0 bridgehead atoms. The van der Waals surface area contributed by atoms with Crippen molar-refractivity contribution in [3.8, 4) is 0 Å². The maximum atomic E-state index is 13.6. The average molecular weight is 247 g/mol. The van der Waals surface area contributed by atoms with Crippen LogP contribution >= 0.6 is 0 Å². The summed E-state index contributed by atoms with van der Waals surface area (Å²) in [5, 5.41) is 3.48. The van der Waals surface area contributed by atoms with Gasteiger partial charge in [0.05, 0.1) is 5.69 Å². The van der Waals surface area contributed by atoms with Crippen LogP contribution in [0.2, 0.25) is 0 Å². The average Bonchev–Trinajstić information content (AvgIpc) is 2.39. The lowest BCUT2D eigenvalue weighted by Gasteiger charge is -2.27. The fraction of sp³-hybridized carbons (Fsp3) is 0.231. The molecule has 1 heterocycles. The molecule has 1 unspecified atom stereocenters. The van der Waals surface area contributed by atoms with Crippen LogP contribution in [0.25, 0.3) is 0 Å². The van der Waals surface area contributed by atoms with Crippen molar-refractivity contribution in [2.75, 3.05) is 18.5 Å². The van der Waals surface area contributed by atoms with Gasteiger partial charge in [-0.2, -0.15) is 0 Å². The molecule has 5 heteroatoms. The molecule has 1 aliphatic heterocycles. The zero-order valence-electron chi connectivity index (χ0n) is 9.84. The molecule has 1 atom stereocenters. The molecule has 0 N–H and O–H groups in total. The first-order valence-corrected chi connectivity index (χ1v) is 5.51. The summed E-state index contributed by atoms with van der Waals surface area (Å²) in [6.07, 6.45) is 3.18. The Balaban J connectivity index is 2.32. The number of halogens is 1. The van der Waals surface area contributed by atoms with Crippen LogP contribution in [0, 0.1) is 11.7 Å². The van der Waals surface area contributed by atoms with Crippen molar-refractivity contribution in [2.45, 2.75) is 0 Å². The number of para-hydroxylation sites is 1. The Hall–Kier alpha value is -2.17. The highest BCUT2D eigenvalue weighted by atomic mass is 19.1. The fourth-order valence-electron chi connectivity index (χ4n) is 1.86. The van der Waals surface area contributed by atoms with E-state index in [9.17, 15) is 14.0 Å². The van der Waals surface area contributed by atoms with E-state index < -0.39 is 23.5 Å². The minimum absolute atomic E-state index is 0.181. The second-order valence-electron chi connectivity index (χ2n) is 3.87. The molecule has 0 saturated heterocycles. The van der Waals surface area contributed by atoms with Gasteiger partial charge in [-0.25, -0.2) is 4.39 Å². The maximum absolute atomic E-state index is 13.6. The van der Waals surface area contributed by atoms with Crippen LogP contribution in [0.5, 0.6) is 0 Å². The number of benzene rings is 1. The molecular weight excluding hydrogens is 235 g/mol. The van der Waals surface area contributed by atoms with Crippen LogP contribution in [0.4, 0.5) is 10.1 Å². The summed E-state index contributed by atoms with van der Waals surface area (Å²) < 4.78 is 13.6. The van der Waals surface area contributed by atoms with Crippen molar-refractivity contribution < 1.29 is 14.0 Å². The second-order valence-corrected chi connectivity index (χ2v) is 3.87. The maximum Gasteiger partial charge on any atom is 0.257 e. The molecule has 0 spiro atoms. The van der Waals surface area contributed by atoms with Gasteiger partial charge in [-0.05, 0) is 12.1 Å². The Morgan fingerprint density at radius 1 is 1.44 bits per heavy atom. The quantitative estimate of drug-likeness (QED) is 0.580. The smallest absolute Gasteiger partial charge is 0.257 e. The predicted molar refractivity (Wildman–Crippen MR) is 64.4 cm³/mol. The second kappa shape index (κ2) is 5.00. The third-order valence-electron chi connectivity index (χ3n) is 2.78. The molecule has 1 aromatic rings. The first-order chi connectivity index (χ1) is 8.65. The van der Waals surface area contributed by atoms with E-state index in [-0.39, 0.29) is 12.2 Å². The van der Waals surface area contributed by atoms with Gasteiger partial charge in [-0.15, -0.1) is 0 Å². The molecule has 1 radical (unpaired) electrons. The first kappa shape index (κ1) is 12.3. The van der Waals surface area contributed by atoms with Gasteiger partial charge in [0.2, 0.25) is 5.91 Å². The number of hydrogen-bond acceptors (Lipinski definition) is 2. The normalized spacial score (nSPS) is 18.9. The number of nitrogens with zero attached hydrogens (tertiary/aromatic N) is 2. The number of anilines is 1. The highest BCUT2D eigenvalue weighted by molar-refractivity contribution is 6.10. The van der Waals surface area contributed by atoms with Crippen molar-refractivity contribution in [3.63, 3.8) is 0 Å². The summed E-state index contributed by atoms with van der Waals surface area (Å²) in [5.74, 6) is -2.39. The molecule has 0 aliphatic carbocycles. The lowest BCUT2D eigenvalue weighted by atomic mass is 10.0. The lowest BCUT2D eigenvalue weighted by molar-refractivity contribution is -0.131. The number of amides is 2. The zero-order valence-corrected chi connectivity index (χ0v) is 9.84. The molecule has 0 fully saturated rings. The summed E-state index contributed by atoms with van der Waals surface area (Å²) in [6, 6.07) is 5.98. The molecule has 1 aromatic carbocycles. The van der Waals surface area contributed by atoms with E-state index in [2.05, 4.69) is 5.32 Å². The van der Waals surface area contributed by atoms with E-state index in [1.807, 2.05) is 0 Å². The van der Waals surface area contributed by atoms with Crippen molar-refractivity contribution in [1.82, 2.24) is 5.32 Å². The Kier molecular flexibility index (Phi) is 3.41. The van der Waals surface area contributed by atoms with E-state index in [0.29, 0.717) is 0 Å². The zero-order chi connectivity index (χ0) is 13.1. The molecule has 0 saturated carbocycles. The van der Waals surface area contributed by atoms with Gasteiger partial charge in [0.25, 0.3) is 5.91 Å². The molecule has 4 nitrogen and oxygen atoms in total. The summed E-state index contributed by atoms with van der Waals surface area (Å²) in [4.78, 5) is 24.8. The Labute approximate surface area is 104 Å². The van der Waals surface area contributed by atoms with E-state index in [0.717, 1.165) is 0 Å². The SMILES string of the molecule is C[N]C(=O)C1C=CCN(c2ccccc2F)C1=O. The number of carbonyl (C=O) groups excluding carboxylic acids is 2. The molecule has 2 amide bonds. The highest BCUT2D eigenvalue weighted by Gasteiger charge is 2.32. The molecule has 2 rings (SSSR count). The molecule has 1 aliphatic rings. The third-order valence-corrected chi connectivity index (χ3v) is 2.78. The Morgan fingerprint density at radius 2 is 2.17 bits per heavy atom. The van der Waals surface area contributed by atoms with E-state index in [1.54, 1.807) is 18.2 Å². The summed E-state index contributed by atoms with van der Waals surface area (Å²) in [6.45, 7) is 0.257. The van der Waals surface area contributed by atoms with Gasteiger partial charge in [0, 0.05) is 13.6 Å². The Morgan fingerprint density at radius 3 is 2.83 bits per heavy atom. The fourth-order valence-corrected chi connectivity index (χ4v) is 1.86. The monoisotopic (exact) mass is 247 g/mol. The minimum Gasteiger partial charge on any atom is -0.305 e. The van der Waals surface area contributed by atoms with E-state index >= 15 is 0 Å². The standard InChI is InChI=1S/C13H12FN2O2/c1-15-12(17)9-5-4-8-16(13(9)18)11-7-3-2-6-10(11)14/h2-7,9H,8H2,1H3. The topological polar surface area (TPSA) is 51.5 Å². The van der Waals surface area contributed by atoms with Crippen molar-refractivity contribution >= 4 is 17.5 Å². The third kappa shape index (κ3) is 2.11. The van der Waals surface area contributed by atoms with Crippen molar-refractivity contribution in [1.29, 1.82) is 0 Å². The summed E-state index contributed by atoms with van der Waals surface area (Å²) in [5.41, 5.74) is 0.181. The van der Waals surface area contributed by atoms with Gasteiger partial charge in [-0.3, -0.25) is 14.9 Å². The molecule has 0 aromatic heterocycles. The van der Waals surface area contributed by atoms with Crippen LogP contribution < -0.4 is 10.2 Å². The first-order valence-electron chi connectivity index (χ1n) is 5.51. The lowest BCUT2D eigenvalue weighted by Crippen LogP contribution is -2.43. The van der Waals surface area contributed by atoms with Crippen molar-refractivity contribution in [3.05, 3.63) is 42.2 Å². The van der Waals surface area contributed by atoms with Crippen LogP contribution in [-0.2, 0) is 9.59 Å². The molecule has 18 heavy (non-hydrogen) atoms. The van der Waals surface area contributed by atoms with Gasteiger partial charge in [0.1, 0.15) is 11.7 Å². The van der Waals surface area contributed by atoms with E-state index in [1.165, 1.54) is 30.2 Å². The molecule has 93 valence electrons. The molecular formula is C13H12FN2O2. The van der Waals surface area contributed by atoms with Crippen molar-refractivity contribution in [2.24, 2.45) is 5.92 Å². The summed E-state index contributed by atoms with van der Waals surface area (Å²) >= 11 is 0. The van der Waals surface area contributed by atoms with Gasteiger partial charge in [-0.1, -0.05) is 24.3 Å². The van der Waals surface area contributed by atoms with Crippen LogP contribution in [-0.4, -0.2) is 25.4 Å². The number of carbonyl (C=O) groups is 2. The van der Waals surface area contributed by atoms with Gasteiger partial charge < -0.3 is 4.90 Å².